The third kappa shape index (κ3) is 2.08. The van der Waals surface area contributed by atoms with E-state index in [1.165, 1.54) is 0 Å². The number of phenolic OH excluding ortho intramolecular Hbond substituents is 1. The first kappa shape index (κ1) is 9.26. The Kier molecular flexibility index (Phi) is 3.29. The van der Waals surface area contributed by atoms with Crippen molar-refractivity contribution in [2.75, 3.05) is 12.9 Å². The standard InChI is InChI=1S/C9H12O2S/c1-3-12-7-4-5-8(10)9(6-7)11-2/h4-6,10H,3H2,1-2H3. The molecule has 0 radical (unpaired) electrons. The van der Waals surface area contributed by atoms with Gasteiger partial charge in [-0.05, 0) is 24.0 Å². The van der Waals surface area contributed by atoms with Gasteiger partial charge in [-0.3, -0.25) is 0 Å². The van der Waals surface area contributed by atoms with Gasteiger partial charge in [-0.25, -0.2) is 0 Å². The normalized spacial score (nSPS) is 9.83. The van der Waals surface area contributed by atoms with Gasteiger partial charge in [0.25, 0.3) is 0 Å². The Balaban J connectivity index is 2.89. The molecule has 0 bridgehead atoms. The molecule has 1 aromatic rings. The summed E-state index contributed by atoms with van der Waals surface area (Å²) < 4.78 is 4.97. The number of ether oxygens (including phenoxy) is 1. The Labute approximate surface area is 76.6 Å². The van der Waals surface area contributed by atoms with Crippen LogP contribution in [-0.4, -0.2) is 18.0 Å². The smallest absolute Gasteiger partial charge is 0.161 e. The number of methoxy groups -OCH3 is 1. The lowest BCUT2D eigenvalue weighted by Gasteiger charge is -2.04. The minimum atomic E-state index is 0.193. The minimum Gasteiger partial charge on any atom is -0.504 e. The number of rotatable bonds is 3. The molecule has 0 aliphatic heterocycles. The number of benzene rings is 1. The van der Waals surface area contributed by atoms with Crippen molar-refractivity contribution in [3.05, 3.63) is 18.2 Å². The zero-order chi connectivity index (χ0) is 8.97. The Hall–Kier alpha value is -0.830. The van der Waals surface area contributed by atoms with Gasteiger partial charge in [-0.1, -0.05) is 6.92 Å². The Morgan fingerprint density at radius 1 is 1.50 bits per heavy atom. The van der Waals surface area contributed by atoms with Crippen molar-refractivity contribution in [2.24, 2.45) is 0 Å². The molecule has 12 heavy (non-hydrogen) atoms. The second kappa shape index (κ2) is 4.26. The zero-order valence-corrected chi connectivity index (χ0v) is 8.02. The fraction of sp³-hybridized carbons (Fsp3) is 0.333. The molecule has 1 rings (SSSR count). The third-order valence-corrected chi connectivity index (χ3v) is 2.34. The molecule has 0 fully saturated rings. The van der Waals surface area contributed by atoms with Gasteiger partial charge in [0.2, 0.25) is 0 Å². The van der Waals surface area contributed by atoms with E-state index < -0.39 is 0 Å². The number of hydrogen-bond acceptors (Lipinski definition) is 3. The molecule has 0 spiro atoms. The molecular weight excluding hydrogens is 172 g/mol. The monoisotopic (exact) mass is 184 g/mol. The van der Waals surface area contributed by atoms with Gasteiger partial charge in [0.05, 0.1) is 7.11 Å². The van der Waals surface area contributed by atoms with E-state index in [0.29, 0.717) is 5.75 Å². The Morgan fingerprint density at radius 3 is 2.83 bits per heavy atom. The molecule has 66 valence electrons. The van der Waals surface area contributed by atoms with Crippen LogP contribution in [0.4, 0.5) is 0 Å². The van der Waals surface area contributed by atoms with Crippen molar-refractivity contribution < 1.29 is 9.84 Å². The second-order valence-corrected chi connectivity index (χ2v) is 3.60. The van der Waals surface area contributed by atoms with E-state index in [2.05, 4.69) is 6.92 Å². The van der Waals surface area contributed by atoms with E-state index in [1.807, 2.05) is 12.1 Å². The summed E-state index contributed by atoms with van der Waals surface area (Å²) in [6, 6.07) is 5.37. The first-order valence-electron chi connectivity index (χ1n) is 3.77. The van der Waals surface area contributed by atoms with Crippen molar-refractivity contribution in [3.8, 4) is 11.5 Å². The molecule has 0 heterocycles. The minimum absolute atomic E-state index is 0.193. The van der Waals surface area contributed by atoms with E-state index in [0.717, 1.165) is 10.6 Å². The maximum absolute atomic E-state index is 9.27. The highest BCUT2D eigenvalue weighted by atomic mass is 32.2. The summed E-state index contributed by atoms with van der Waals surface area (Å²) in [5.74, 6) is 1.75. The molecule has 1 N–H and O–H groups in total. The van der Waals surface area contributed by atoms with Gasteiger partial charge in [-0.2, -0.15) is 0 Å². The second-order valence-electron chi connectivity index (χ2n) is 2.27. The largest absolute Gasteiger partial charge is 0.504 e. The van der Waals surface area contributed by atoms with E-state index >= 15 is 0 Å². The quantitative estimate of drug-likeness (QED) is 0.732. The fourth-order valence-electron chi connectivity index (χ4n) is 0.914. The molecule has 1 aromatic carbocycles. The average Bonchev–Trinajstić information content (AvgIpc) is 2.09. The van der Waals surface area contributed by atoms with E-state index in [-0.39, 0.29) is 5.75 Å². The van der Waals surface area contributed by atoms with Crippen LogP contribution in [-0.2, 0) is 0 Å². The van der Waals surface area contributed by atoms with E-state index in [9.17, 15) is 5.11 Å². The average molecular weight is 184 g/mol. The van der Waals surface area contributed by atoms with Crippen LogP contribution in [0.1, 0.15) is 6.92 Å². The summed E-state index contributed by atoms with van der Waals surface area (Å²) >= 11 is 1.72. The molecule has 2 nitrogen and oxygen atoms in total. The van der Waals surface area contributed by atoms with E-state index in [4.69, 9.17) is 4.74 Å². The molecule has 0 aliphatic carbocycles. The number of hydrogen-bond donors (Lipinski definition) is 1. The highest BCUT2D eigenvalue weighted by molar-refractivity contribution is 7.99. The Bertz CT molecular complexity index is 261. The molecular formula is C9H12O2S. The highest BCUT2D eigenvalue weighted by Gasteiger charge is 2.01. The Morgan fingerprint density at radius 2 is 2.25 bits per heavy atom. The van der Waals surface area contributed by atoms with Gasteiger partial charge in [-0.15, -0.1) is 11.8 Å². The predicted octanol–water partition coefficient (Wildman–Crippen LogP) is 2.51. The van der Waals surface area contributed by atoms with Crippen LogP contribution >= 0.6 is 11.8 Å². The predicted molar refractivity (Wildman–Crippen MR) is 51.1 cm³/mol. The molecule has 0 amide bonds. The maximum Gasteiger partial charge on any atom is 0.161 e. The van der Waals surface area contributed by atoms with Crippen molar-refractivity contribution >= 4 is 11.8 Å². The van der Waals surface area contributed by atoms with Crippen LogP contribution in [0.2, 0.25) is 0 Å². The van der Waals surface area contributed by atoms with Crippen molar-refractivity contribution in [2.45, 2.75) is 11.8 Å². The topological polar surface area (TPSA) is 29.5 Å². The third-order valence-electron chi connectivity index (χ3n) is 1.46. The van der Waals surface area contributed by atoms with Crippen LogP contribution < -0.4 is 4.74 Å². The lowest BCUT2D eigenvalue weighted by Crippen LogP contribution is -1.83. The molecule has 0 aliphatic rings. The van der Waals surface area contributed by atoms with Gasteiger partial charge >= 0.3 is 0 Å². The summed E-state index contributed by atoms with van der Waals surface area (Å²) in [5.41, 5.74) is 0. The molecule has 0 atom stereocenters. The van der Waals surface area contributed by atoms with Gasteiger partial charge in [0, 0.05) is 4.90 Å². The van der Waals surface area contributed by atoms with Gasteiger partial charge < -0.3 is 9.84 Å². The van der Waals surface area contributed by atoms with Crippen LogP contribution in [0, 0.1) is 0 Å². The highest BCUT2D eigenvalue weighted by Crippen LogP contribution is 2.30. The van der Waals surface area contributed by atoms with Crippen LogP contribution in [0.3, 0.4) is 0 Å². The zero-order valence-electron chi connectivity index (χ0n) is 7.20. The van der Waals surface area contributed by atoms with Gasteiger partial charge in [0.15, 0.2) is 11.5 Å². The van der Waals surface area contributed by atoms with Crippen molar-refractivity contribution in [1.82, 2.24) is 0 Å². The SMILES string of the molecule is CCSc1ccc(O)c(OC)c1. The fourth-order valence-corrected chi connectivity index (χ4v) is 1.60. The summed E-state index contributed by atoms with van der Waals surface area (Å²) in [6.45, 7) is 2.09. The molecule has 3 heteroatoms. The number of thioether (sulfide) groups is 1. The lowest BCUT2D eigenvalue weighted by molar-refractivity contribution is 0.372. The summed E-state index contributed by atoms with van der Waals surface area (Å²) in [7, 11) is 1.55. The van der Waals surface area contributed by atoms with Crippen LogP contribution in [0.15, 0.2) is 23.1 Å². The number of phenols is 1. The van der Waals surface area contributed by atoms with Crippen LogP contribution in [0.5, 0.6) is 11.5 Å². The molecule has 0 aromatic heterocycles. The molecule has 0 saturated carbocycles. The van der Waals surface area contributed by atoms with Crippen molar-refractivity contribution in [3.63, 3.8) is 0 Å². The summed E-state index contributed by atoms with van der Waals surface area (Å²) in [5, 5.41) is 9.27. The molecule has 0 saturated heterocycles. The summed E-state index contributed by atoms with van der Waals surface area (Å²) in [4.78, 5) is 1.12. The number of aromatic hydroxyl groups is 1. The first-order chi connectivity index (χ1) is 5.77. The first-order valence-corrected chi connectivity index (χ1v) is 4.76. The van der Waals surface area contributed by atoms with Crippen LogP contribution in [0.25, 0.3) is 0 Å². The molecule has 0 unspecified atom stereocenters. The maximum atomic E-state index is 9.27. The lowest BCUT2D eigenvalue weighted by atomic mass is 10.3. The summed E-state index contributed by atoms with van der Waals surface area (Å²) in [6.07, 6.45) is 0. The van der Waals surface area contributed by atoms with E-state index in [1.54, 1.807) is 24.9 Å². The van der Waals surface area contributed by atoms with Gasteiger partial charge in [0.1, 0.15) is 0 Å². The van der Waals surface area contributed by atoms with Crippen molar-refractivity contribution in [1.29, 1.82) is 0 Å².